The van der Waals surface area contributed by atoms with Crippen molar-refractivity contribution in [3.05, 3.63) is 37.1 Å². The highest BCUT2D eigenvalue weighted by atomic mass is 79.9. The van der Waals surface area contributed by atoms with Gasteiger partial charge in [0, 0.05) is 26.4 Å². The molecule has 0 saturated carbocycles. The number of rotatable bonds is 2. The fraction of sp³-hybridized carbons (Fsp3) is 0.308. The van der Waals surface area contributed by atoms with Crippen molar-refractivity contribution in [1.82, 2.24) is 15.0 Å². The molecule has 2 aromatic heterocycles. The van der Waals surface area contributed by atoms with Gasteiger partial charge in [0.1, 0.15) is 10.3 Å². The van der Waals surface area contributed by atoms with Gasteiger partial charge >= 0.3 is 0 Å². The second-order valence-corrected chi connectivity index (χ2v) is 6.72. The number of pyridine rings is 1. The second-order valence-electron chi connectivity index (χ2n) is 4.57. The lowest BCUT2D eigenvalue weighted by atomic mass is 10.0. The smallest absolute Gasteiger partial charge is 0.158 e. The quantitative estimate of drug-likeness (QED) is 0.705. The van der Waals surface area contributed by atoms with Crippen molar-refractivity contribution in [2.45, 2.75) is 26.7 Å². The van der Waals surface area contributed by atoms with Gasteiger partial charge in [-0.2, -0.15) is 0 Å². The zero-order valence-corrected chi connectivity index (χ0v) is 14.8. The summed E-state index contributed by atoms with van der Waals surface area (Å²) in [5.41, 5.74) is 2.89. The van der Waals surface area contributed by atoms with Crippen LogP contribution in [0.25, 0.3) is 11.5 Å². The second kappa shape index (κ2) is 5.81. The fourth-order valence-corrected chi connectivity index (χ4v) is 3.63. The Balaban J connectivity index is 2.62. The van der Waals surface area contributed by atoms with E-state index in [0.29, 0.717) is 16.4 Å². The summed E-state index contributed by atoms with van der Waals surface area (Å²) in [6, 6.07) is 1.94. The maximum Gasteiger partial charge on any atom is 0.158 e. The first kappa shape index (κ1) is 14.8. The predicted molar refractivity (Wildman–Crippen MR) is 86.9 cm³/mol. The number of nitrogens with one attached hydrogen (secondary N) is 1. The van der Waals surface area contributed by atoms with E-state index >= 15 is 0 Å². The van der Waals surface area contributed by atoms with Crippen LogP contribution in [0.4, 0.5) is 0 Å². The molecule has 2 aromatic rings. The third kappa shape index (κ3) is 3.12. The molecule has 0 aliphatic heterocycles. The van der Waals surface area contributed by atoms with E-state index in [2.05, 4.69) is 60.7 Å². The summed E-state index contributed by atoms with van der Waals surface area (Å²) in [6.45, 7) is 6.24. The number of H-pyrrole nitrogens is 1. The number of halogens is 2. The first-order valence-electron chi connectivity index (χ1n) is 5.82. The molecule has 0 aliphatic rings. The third-order valence-corrected chi connectivity index (χ3v) is 4.11. The van der Waals surface area contributed by atoms with Gasteiger partial charge < -0.3 is 4.98 Å². The monoisotopic (exact) mass is 401 g/mol. The molecule has 100 valence electrons. The minimum absolute atomic E-state index is 0.353. The molecule has 3 nitrogen and oxygen atoms in total. The lowest BCUT2D eigenvalue weighted by molar-refractivity contribution is 0.824. The van der Waals surface area contributed by atoms with Crippen LogP contribution in [0, 0.1) is 11.6 Å². The molecule has 0 amide bonds. The van der Waals surface area contributed by atoms with Gasteiger partial charge in [-0.3, -0.25) is 4.98 Å². The Hall–Kier alpha value is -0.590. The van der Waals surface area contributed by atoms with Crippen molar-refractivity contribution in [2.75, 3.05) is 0 Å². The highest BCUT2D eigenvalue weighted by molar-refractivity contribution is 9.11. The van der Waals surface area contributed by atoms with E-state index in [4.69, 9.17) is 12.2 Å². The molecule has 2 rings (SSSR count). The van der Waals surface area contributed by atoms with Gasteiger partial charge in [0.2, 0.25) is 0 Å². The molecule has 0 atom stereocenters. The number of aromatic nitrogens is 3. The normalized spacial score (nSPS) is 11.1. The minimum Gasteiger partial charge on any atom is -0.342 e. The van der Waals surface area contributed by atoms with Crippen LogP contribution < -0.4 is 0 Å². The highest BCUT2D eigenvalue weighted by Gasteiger charge is 2.13. The van der Waals surface area contributed by atoms with Gasteiger partial charge in [-0.25, -0.2) is 4.98 Å². The Labute approximate surface area is 134 Å². The third-order valence-electron chi connectivity index (χ3n) is 2.76. The van der Waals surface area contributed by atoms with Crippen LogP contribution in [-0.2, 0) is 0 Å². The Morgan fingerprint density at radius 2 is 2.00 bits per heavy atom. The summed E-state index contributed by atoms with van der Waals surface area (Å²) in [6.07, 6.45) is 1.74. The van der Waals surface area contributed by atoms with E-state index in [1.165, 1.54) is 0 Å². The molecule has 1 N–H and O–H groups in total. The Kier molecular flexibility index (Phi) is 4.53. The van der Waals surface area contributed by atoms with Crippen LogP contribution >= 0.6 is 44.1 Å². The van der Waals surface area contributed by atoms with Crippen LogP contribution in [0.2, 0.25) is 0 Å². The SMILES string of the molecule is Cc1[nH]c(-c2ncc(Br)cc2Br)nc(=S)c1C(C)C. The highest BCUT2D eigenvalue weighted by Crippen LogP contribution is 2.28. The van der Waals surface area contributed by atoms with Crippen LogP contribution in [0.15, 0.2) is 21.2 Å². The number of nitrogens with zero attached hydrogens (tertiary/aromatic N) is 2. The maximum absolute atomic E-state index is 5.39. The Morgan fingerprint density at radius 3 is 2.53 bits per heavy atom. The average molecular weight is 403 g/mol. The number of hydrogen-bond donors (Lipinski definition) is 1. The summed E-state index contributed by atoms with van der Waals surface area (Å²) in [5.74, 6) is 1.04. The zero-order chi connectivity index (χ0) is 14.2. The summed E-state index contributed by atoms with van der Waals surface area (Å²) in [5, 5.41) is 0. The van der Waals surface area contributed by atoms with Crippen molar-refractivity contribution < 1.29 is 0 Å². The molecule has 0 bridgehead atoms. The standard InChI is InChI=1S/C13H13Br2N3S/c1-6(2)10-7(3)17-12(18-13(10)19)11-9(15)4-8(14)5-16-11/h4-6H,1-3H3,(H,17,18,19). The van der Waals surface area contributed by atoms with Gasteiger partial charge in [0.15, 0.2) is 5.82 Å². The topological polar surface area (TPSA) is 41.6 Å². The molecule has 0 spiro atoms. The molecule has 0 aliphatic carbocycles. The first-order chi connectivity index (χ1) is 8.90. The molecule has 0 aromatic carbocycles. The van der Waals surface area contributed by atoms with Gasteiger partial charge in [-0.05, 0) is 50.8 Å². The van der Waals surface area contributed by atoms with Crippen LogP contribution in [0.3, 0.4) is 0 Å². The van der Waals surface area contributed by atoms with E-state index in [-0.39, 0.29) is 0 Å². The predicted octanol–water partition coefficient (Wildman–Crippen LogP) is 5.16. The van der Waals surface area contributed by atoms with E-state index < -0.39 is 0 Å². The number of aromatic amines is 1. The largest absolute Gasteiger partial charge is 0.342 e. The van der Waals surface area contributed by atoms with E-state index in [9.17, 15) is 0 Å². The summed E-state index contributed by atoms with van der Waals surface area (Å²) in [4.78, 5) is 12.1. The molecule has 6 heteroatoms. The van der Waals surface area contributed by atoms with Crippen LogP contribution in [-0.4, -0.2) is 15.0 Å². The number of aryl methyl sites for hydroxylation is 1. The maximum atomic E-state index is 5.39. The van der Waals surface area contributed by atoms with Crippen molar-refractivity contribution >= 4 is 44.1 Å². The molecular formula is C13H13Br2N3S. The van der Waals surface area contributed by atoms with Crippen molar-refractivity contribution in [1.29, 1.82) is 0 Å². The molecule has 0 radical (unpaired) electrons. The zero-order valence-electron chi connectivity index (χ0n) is 10.8. The molecule has 0 fully saturated rings. The molecule has 0 unspecified atom stereocenters. The molecular weight excluding hydrogens is 390 g/mol. The van der Waals surface area contributed by atoms with Crippen molar-refractivity contribution in [3.63, 3.8) is 0 Å². The Bertz CT molecular complexity index is 680. The van der Waals surface area contributed by atoms with Gasteiger partial charge in [0.25, 0.3) is 0 Å². The Morgan fingerprint density at radius 1 is 1.32 bits per heavy atom. The number of hydrogen-bond acceptors (Lipinski definition) is 3. The summed E-state index contributed by atoms with van der Waals surface area (Å²) in [7, 11) is 0. The lowest BCUT2D eigenvalue weighted by Crippen LogP contribution is -2.02. The van der Waals surface area contributed by atoms with Gasteiger partial charge in [0.05, 0.1) is 0 Å². The summed E-state index contributed by atoms with van der Waals surface area (Å²) < 4.78 is 2.42. The lowest BCUT2D eigenvalue weighted by Gasteiger charge is -2.12. The van der Waals surface area contributed by atoms with Gasteiger partial charge in [-0.1, -0.05) is 26.1 Å². The van der Waals surface area contributed by atoms with Crippen molar-refractivity contribution in [3.8, 4) is 11.5 Å². The average Bonchev–Trinajstić information content (AvgIpc) is 2.26. The molecule has 0 saturated heterocycles. The first-order valence-corrected chi connectivity index (χ1v) is 7.81. The molecule has 19 heavy (non-hydrogen) atoms. The van der Waals surface area contributed by atoms with E-state index in [1.807, 2.05) is 13.0 Å². The van der Waals surface area contributed by atoms with E-state index in [1.54, 1.807) is 6.20 Å². The van der Waals surface area contributed by atoms with Crippen LogP contribution in [0.1, 0.15) is 31.0 Å². The van der Waals surface area contributed by atoms with Gasteiger partial charge in [-0.15, -0.1) is 0 Å². The van der Waals surface area contributed by atoms with Crippen LogP contribution in [0.5, 0.6) is 0 Å². The van der Waals surface area contributed by atoms with Crippen molar-refractivity contribution in [2.24, 2.45) is 0 Å². The fourth-order valence-electron chi connectivity index (χ4n) is 1.98. The minimum atomic E-state index is 0.353. The summed E-state index contributed by atoms with van der Waals surface area (Å²) >= 11 is 12.3. The molecule has 2 heterocycles. The van der Waals surface area contributed by atoms with E-state index in [0.717, 1.165) is 25.9 Å².